The van der Waals surface area contributed by atoms with E-state index in [1.165, 1.54) is 6.08 Å². The van der Waals surface area contributed by atoms with E-state index in [0.29, 0.717) is 0 Å². The summed E-state index contributed by atoms with van der Waals surface area (Å²) in [5, 5.41) is 19.6. The third kappa shape index (κ3) is 14.6. The molecule has 0 aromatic heterocycles. The van der Waals surface area contributed by atoms with Crippen LogP contribution in [0.3, 0.4) is 0 Å². The quantitative estimate of drug-likeness (QED) is 0.368. The van der Waals surface area contributed by atoms with Crippen LogP contribution >= 0.6 is 0 Å². The summed E-state index contributed by atoms with van der Waals surface area (Å²) >= 11 is 0. The molecule has 5 heteroatoms. The standard InChI is InChI=1S/C13H23NO4/c15-12(16)9-7-5-3-1-2-4-6-8-10-14-11-13(17)18/h7,9,14H,1-6,8,10-11H2,(H,15,16)(H,17,18). The van der Waals surface area contributed by atoms with Crippen LogP contribution in [0.25, 0.3) is 0 Å². The molecule has 5 nitrogen and oxygen atoms in total. The van der Waals surface area contributed by atoms with Gasteiger partial charge in [0.25, 0.3) is 0 Å². The predicted molar refractivity (Wildman–Crippen MR) is 69.6 cm³/mol. The number of aliphatic carboxylic acids is 2. The van der Waals surface area contributed by atoms with Gasteiger partial charge < -0.3 is 15.5 Å². The SMILES string of the molecule is O=C(O)C=CCCCCCCCCNCC(=O)O. The molecule has 0 heterocycles. The fourth-order valence-corrected chi connectivity index (χ4v) is 1.60. The summed E-state index contributed by atoms with van der Waals surface area (Å²) in [4.78, 5) is 20.4. The Morgan fingerprint density at radius 3 is 2.17 bits per heavy atom. The molecule has 0 spiro atoms. The average molecular weight is 257 g/mol. The van der Waals surface area contributed by atoms with Gasteiger partial charge in [-0.05, 0) is 25.8 Å². The number of unbranched alkanes of at least 4 members (excludes halogenated alkanes) is 6. The highest BCUT2D eigenvalue weighted by atomic mass is 16.4. The molecular weight excluding hydrogens is 234 g/mol. The second-order valence-corrected chi connectivity index (χ2v) is 4.22. The molecule has 18 heavy (non-hydrogen) atoms. The average Bonchev–Trinajstić information content (AvgIpc) is 2.29. The van der Waals surface area contributed by atoms with Gasteiger partial charge in [-0.15, -0.1) is 0 Å². The van der Waals surface area contributed by atoms with E-state index in [4.69, 9.17) is 10.2 Å². The zero-order valence-corrected chi connectivity index (χ0v) is 10.7. The van der Waals surface area contributed by atoms with Gasteiger partial charge in [0, 0.05) is 6.08 Å². The molecule has 0 unspecified atom stereocenters. The summed E-state index contributed by atoms with van der Waals surface area (Å²) in [5.41, 5.74) is 0. The van der Waals surface area contributed by atoms with E-state index in [0.717, 1.165) is 51.5 Å². The predicted octanol–water partition coefficient (Wildman–Crippen LogP) is 2.03. The Morgan fingerprint density at radius 2 is 1.56 bits per heavy atom. The van der Waals surface area contributed by atoms with Crippen LogP contribution in [-0.2, 0) is 9.59 Å². The molecule has 0 aromatic rings. The molecule has 0 amide bonds. The summed E-state index contributed by atoms with van der Waals surface area (Å²) in [6.45, 7) is 0.795. The molecule has 0 bridgehead atoms. The van der Waals surface area contributed by atoms with Crippen LogP contribution in [0.1, 0.15) is 44.9 Å². The van der Waals surface area contributed by atoms with Crippen LogP contribution in [-0.4, -0.2) is 35.2 Å². The summed E-state index contributed by atoms with van der Waals surface area (Å²) < 4.78 is 0. The number of carboxylic acids is 2. The van der Waals surface area contributed by atoms with Crippen LogP contribution in [0, 0.1) is 0 Å². The molecule has 104 valence electrons. The van der Waals surface area contributed by atoms with E-state index >= 15 is 0 Å². The van der Waals surface area contributed by atoms with Crippen molar-refractivity contribution >= 4 is 11.9 Å². The molecule has 0 aliphatic carbocycles. The number of nitrogens with one attached hydrogen (secondary N) is 1. The van der Waals surface area contributed by atoms with Crippen LogP contribution in [0.5, 0.6) is 0 Å². The van der Waals surface area contributed by atoms with Crippen LogP contribution in [0.15, 0.2) is 12.2 Å². The maximum Gasteiger partial charge on any atom is 0.327 e. The largest absolute Gasteiger partial charge is 0.480 e. The van der Waals surface area contributed by atoms with Gasteiger partial charge in [0.05, 0.1) is 6.54 Å². The first-order chi connectivity index (χ1) is 8.63. The van der Waals surface area contributed by atoms with E-state index in [1.807, 2.05) is 0 Å². The Balaban J connectivity index is 3.07. The molecule has 0 aliphatic rings. The normalized spacial score (nSPS) is 10.9. The lowest BCUT2D eigenvalue weighted by molar-refractivity contribution is -0.136. The molecule has 0 radical (unpaired) electrons. The van der Waals surface area contributed by atoms with Gasteiger partial charge in [-0.3, -0.25) is 4.79 Å². The maximum atomic E-state index is 10.2. The van der Waals surface area contributed by atoms with Crippen LogP contribution in [0.4, 0.5) is 0 Å². The minimum absolute atomic E-state index is 0.0376. The lowest BCUT2D eigenvalue weighted by Gasteiger charge is -2.02. The summed E-state index contributed by atoms with van der Waals surface area (Å²) in [6, 6.07) is 0. The Bertz CT molecular complexity index is 264. The molecule has 0 rings (SSSR count). The van der Waals surface area contributed by atoms with Gasteiger partial charge in [0.15, 0.2) is 0 Å². The van der Waals surface area contributed by atoms with Crippen molar-refractivity contribution in [1.29, 1.82) is 0 Å². The molecular formula is C13H23NO4. The van der Waals surface area contributed by atoms with Gasteiger partial charge in [-0.2, -0.15) is 0 Å². The van der Waals surface area contributed by atoms with Crippen molar-refractivity contribution in [2.24, 2.45) is 0 Å². The monoisotopic (exact) mass is 257 g/mol. The Labute approximate surface area is 108 Å². The Hall–Kier alpha value is -1.36. The zero-order valence-electron chi connectivity index (χ0n) is 10.7. The van der Waals surface area contributed by atoms with Crippen LogP contribution < -0.4 is 5.32 Å². The van der Waals surface area contributed by atoms with Gasteiger partial charge in [0.1, 0.15) is 0 Å². The highest BCUT2D eigenvalue weighted by molar-refractivity contribution is 5.79. The first kappa shape index (κ1) is 16.6. The maximum absolute atomic E-state index is 10.2. The van der Waals surface area contributed by atoms with Crippen molar-refractivity contribution in [2.75, 3.05) is 13.1 Å². The van der Waals surface area contributed by atoms with E-state index in [9.17, 15) is 9.59 Å². The van der Waals surface area contributed by atoms with Crippen LogP contribution in [0.2, 0.25) is 0 Å². The van der Waals surface area contributed by atoms with Crippen molar-refractivity contribution in [3.8, 4) is 0 Å². The molecule has 0 saturated heterocycles. The lowest BCUT2D eigenvalue weighted by Crippen LogP contribution is -2.23. The molecule has 0 aliphatic heterocycles. The number of carboxylic acid groups (broad SMARTS) is 2. The minimum atomic E-state index is -0.885. The summed E-state index contributed by atoms with van der Waals surface area (Å²) in [5.74, 6) is -1.70. The van der Waals surface area contributed by atoms with Crippen molar-refractivity contribution in [1.82, 2.24) is 5.32 Å². The highest BCUT2D eigenvalue weighted by Crippen LogP contribution is 2.07. The lowest BCUT2D eigenvalue weighted by atomic mass is 10.1. The molecule has 0 aromatic carbocycles. The van der Waals surface area contributed by atoms with Gasteiger partial charge in [-0.1, -0.05) is 31.8 Å². The van der Waals surface area contributed by atoms with Crippen molar-refractivity contribution in [2.45, 2.75) is 44.9 Å². The van der Waals surface area contributed by atoms with E-state index in [-0.39, 0.29) is 6.54 Å². The highest BCUT2D eigenvalue weighted by Gasteiger charge is 1.95. The molecule has 3 N–H and O–H groups in total. The third-order valence-corrected chi connectivity index (χ3v) is 2.51. The van der Waals surface area contributed by atoms with Gasteiger partial charge >= 0.3 is 11.9 Å². The molecule has 0 fully saturated rings. The third-order valence-electron chi connectivity index (χ3n) is 2.51. The Kier molecular flexibility index (Phi) is 11.2. The minimum Gasteiger partial charge on any atom is -0.480 e. The Morgan fingerprint density at radius 1 is 0.944 bits per heavy atom. The summed E-state index contributed by atoms with van der Waals surface area (Å²) in [6.07, 6.45) is 10.3. The molecule has 0 saturated carbocycles. The van der Waals surface area contributed by atoms with Crippen molar-refractivity contribution in [3.05, 3.63) is 12.2 Å². The number of carbonyl (C=O) groups is 2. The fraction of sp³-hybridized carbons (Fsp3) is 0.692. The van der Waals surface area contributed by atoms with E-state index < -0.39 is 11.9 Å². The first-order valence-corrected chi connectivity index (χ1v) is 6.45. The topological polar surface area (TPSA) is 86.6 Å². The number of hydrogen-bond acceptors (Lipinski definition) is 3. The van der Waals surface area contributed by atoms with Crippen molar-refractivity contribution in [3.63, 3.8) is 0 Å². The number of allylic oxidation sites excluding steroid dienone is 1. The van der Waals surface area contributed by atoms with E-state index in [1.54, 1.807) is 6.08 Å². The van der Waals surface area contributed by atoms with Gasteiger partial charge in [0.2, 0.25) is 0 Å². The van der Waals surface area contributed by atoms with E-state index in [2.05, 4.69) is 5.32 Å². The first-order valence-electron chi connectivity index (χ1n) is 6.45. The second kappa shape index (κ2) is 12.1. The zero-order chi connectivity index (χ0) is 13.6. The number of rotatable bonds is 12. The number of hydrogen-bond donors (Lipinski definition) is 3. The van der Waals surface area contributed by atoms with Gasteiger partial charge in [-0.25, -0.2) is 4.79 Å². The summed E-state index contributed by atoms with van der Waals surface area (Å²) in [7, 11) is 0. The fourth-order valence-electron chi connectivity index (χ4n) is 1.60. The molecule has 0 atom stereocenters. The van der Waals surface area contributed by atoms with Crippen molar-refractivity contribution < 1.29 is 19.8 Å². The smallest absolute Gasteiger partial charge is 0.327 e. The second-order valence-electron chi connectivity index (χ2n) is 4.22.